The second-order valence-corrected chi connectivity index (χ2v) is 4.94. The average molecular weight is 280 g/mol. The lowest BCUT2D eigenvalue weighted by Crippen LogP contribution is -2.20. The van der Waals surface area contributed by atoms with Crippen LogP contribution < -0.4 is 11.1 Å². The van der Waals surface area contributed by atoms with E-state index in [4.69, 9.17) is 5.73 Å². The van der Waals surface area contributed by atoms with Crippen LogP contribution in [0.25, 0.3) is 10.9 Å². The maximum absolute atomic E-state index is 12.1. The van der Waals surface area contributed by atoms with Crippen molar-refractivity contribution < 1.29 is 4.79 Å². The van der Waals surface area contributed by atoms with Gasteiger partial charge in [-0.2, -0.15) is 5.10 Å². The number of carbonyl (C=O) groups is 1. The van der Waals surface area contributed by atoms with E-state index in [1.54, 1.807) is 6.20 Å². The van der Waals surface area contributed by atoms with Crippen molar-refractivity contribution in [1.29, 1.82) is 0 Å². The maximum Gasteiger partial charge on any atom is 0.226 e. The Bertz CT molecular complexity index is 751. The van der Waals surface area contributed by atoms with Crippen LogP contribution in [0.15, 0.2) is 54.7 Å². The van der Waals surface area contributed by atoms with E-state index >= 15 is 0 Å². The Morgan fingerprint density at radius 1 is 1.24 bits per heavy atom. The van der Waals surface area contributed by atoms with Crippen LogP contribution in [-0.4, -0.2) is 16.1 Å². The zero-order valence-corrected chi connectivity index (χ0v) is 11.4. The Kier molecular flexibility index (Phi) is 3.66. The van der Waals surface area contributed by atoms with Crippen LogP contribution in [0.4, 0.5) is 5.69 Å². The van der Waals surface area contributed by atoms with Gasteiger partial charge in [-0.15, -0.1) is 0 Å². The van der Waals surface area contributed by atoms with Crippen LogP contribution in [0.1, 0.15) is 18.0 Å². The molecule has 0 aliphatic rings. The highest BCUT2D eigenvalue weighted by molar-refractivity contribution is 5.93. The van der Waals surface area contributed by atoms with E-state index in [1.165, 1.54) is 0 Å². The number of aromatic amines is 1. The van der Waals surface area contributed by atoms with E-state index in [1.807, 2.05) is 48.5 Å². The summed E-state index contributed by atoms with van der Waals surface area (Å²) in [6.07, 6.45) is 1.97. The number of nitrogens with zero attached hydrogens (tertiary/aromatic N) is 1. The van der Waals surface area contributed by atoms with Crippen molar-refractivity contribution in [3.8, 4) is 0 Å². The third-order valence-corrected chi connectivity index (χ3v) is 3.36. The number of benzene rings is 2. The second kappa shape index (κ2) is 5.76. The van der Waals surface area contributed by atoms with Crippen LogP contribution in [0, 0.1) is 0 Å². The SMILES string of the molecule is NC(CC(=O)Nc1ccc2[nH]ncc2c1)c1ccccc1. The zero-order valence-electron chi connectivity index (χ0n) is 11.4. The van der Waals surface area contributed by atoms with Crippen LogP contribution in [0.2, 0.25) is 0 Å². The number of rotatable bonds is 4. The number of carbonyl (C=O) groups excluding carboxylic acids is 1. The molecule has 3 aromatic rings. The number of nitrogens with one attached hydrogen (secondary N) is 2. The molecule has 21 heavy (non-hydrogen) atoms. The lowest BCUT2D eigenvalue weighted by molar-refractivity contribution is -0.116. The minimum Gasteiger partial charge on any atom is -0.326 e. The quantitative estimate of drug-likeness (QED) is 0.686. The van der Waals surface area contributed by atoms with Crippen LogP contribution in [-0.2, 0) is 4.79 Å². The topological polar surface area (TPSA) is 83.8 Å². The van der Waals surface area contributed by atoms with Crippen LogP contribution in [0.3, 0.4) is 0 Å². The molecule has 1 amide bonds. The highest BCUT2D eigenvalue weighted by Gasteiger charge is 2.11. The number of aromatic nitrogens is 2. The van der Waals surface area contributed by atoms with Gasteiger partial charge in [-0.3, -0.25) is 9.89 Å². The smallest absolute Gasteiger partial charge is 0.226 e. The van der Waals surface area contributed by atoms with Crippen LogP contribution in [0.5, 0.6) is 0 Å². The molecule has 0 saturated carbocycles. The summed E-state index contributed by atoms with van der Waals surface area (Å²) < 4.78 is 0. The molecule has 106 valence electrons. The summed E-state index contributed by atoms with van der Waals surface area (Å²) >= 11 is 0. The number of hydrogen-bond acceptors (Lipinski definition) is 3. The van der Waals surface area contributed by atoms with Crippen LogP contribution >= 0.6 is 0 Å². The molecule has 1 atom stereocenters. The van der Waals surface area contributed by atoms with Gasteiger partial charge in [0.15, 0.2) is 0 Å². The molecule has 0 saturated heterocycles. The fraction of sp³-hybridized carbons (Fsp3) is 0.125. The second-order valence-electron chi connectivity index (χ2n) is 4.94. The predicted octanol–water partition coefficient (Wildman–Crippen LogP) is 2.59. The fourth-order valence-corrected chi connectivity index (χ4v) is 2.25. The molecule has 0 aliphatic heterocycles. The molecule has 0 spiro atoms. The number of H-pyrrole nitrogens is 1. The predicted molar refractivity (Wildman–Crippen MR) is 82.7 cm³/mol. The molecule has 5 nitrogen and oxygen atoms in total. The summed E-state index contributed by atoms with van der Waals surface area (Å²) in [5.74, 6) is -0.103. The lowest BCUT2D eigenvalue weighted by atomic mass is 10.0. The zero-order chi connectivity index (χ0) is 14.7. The van der Waals surface area contributed by atoms with Gasteiger partial charge in [-0.1, -0.05) is 30.3 Å². The molecule has 3 rings (SSSR count). The van der Waals surface area contributed by atoms with E-state index in [-0.39, 0.29) is 18.4 Å². The van der Waals surface area contributed by atoms with Gasteiger partial charge in [-0.25, -0.2) is 0 Å². The number of amides is 1. The molecule has 1 aromatic heterocycles. The minimum atomic E-state index is -0.302. The highest BCUT2D eigenvalue weighted by atomic mass is 16.1. The summed E-state index contributed by atoms with van der Waals surface area (Å²) in [4.78, 5) is 12.1. The van der Waals surface area contributed by atoms with E-state index in [2.05, 4.69) is 15.5 Å². The lowest BCUT2D eigenvalue weighted by Gasteiger charge is -2.12. The molecule has 0 radical (unpaired) electrons. The standard InChI is InChI=1S/C16H16N4O/c17-14(11-4-2-1-3-5-11)9-16(21)19-13-6-7-15-12(8-13)10-18-20-15/h1-8,10,14H,9,17H2,(H,18,20)(H,19,21). The van der Waals surface area contributed by atoms with Crippen molar-refractivity contribution in [2.24, 2.45) is 5.73 Å². The van der Waals surface area contributed by atoms with Gasteiger partial charge in [0.1, 0.15) is 0 Å². The van der Waals surface area contributed by atoms with Crippen molar-refractivity contribution >= 4 is 22.5 Å². The third kappa shape index (κ3) is 3.09. The van der Waals surface area contributed by atoms with Gasteiger partial charge in [0.2, 0.25) is 5.91 Å². The molecule has 2 aromatic carbocycles. The summed E-state index contributed by atoms with van der Waals surface area (Å²) in [7, 11) is 0. The molecule has 5 heteroatoms. The monoisotopic (exact) mass is 280 g/mol. The maximum atomic E-state index is 12.1. The molecular weight excluding hydrogens is 264 g/mol. The number of fused-ring (bicyclic) bond motifs is 1. The summed E-state index contributed by atoms with van der Waals surface area (Å²) in [6.45, 7) is 0. The van der Waals surface area contributed by atoms with E-state index in [0.29, 0.717) is 0 Å². The Labute approximate surface area is 122 Å². The summed E-state index contributed by atoms with van der Waals surface area (Å²) in [5.41, 5.74) is 8.69. The number of anilines is 1. The van der Waals surface area contributed by atoms with Gasteiger partial charge in [-0.05, 0) is 23.8 Å². The fourth-order valence-electron chi connectivity index (χ4n) is 2.25. The Morgan fingerprint density at radius 2 is 2.05 bits per heavy atom. The molecule has 1 unspecified atom stereocenters. The third-order valence-electron chi connectivity index (χ3n) is 3.36. The summed E-state index contributed by atoms with van der Waals surface area (Å²) in [5, 5.41) is 10.6. The van der Waals surface area contributed by atoms with Crippen molar-refractivity contribution in [2.75, 3.05) is 5.32 Å². The molecule has 1 heterocycles. The van der Waals surface area contributed by atoms with E-state index < -0.39 is 0 Å². The number of hydrogen-bond donors (Lipinski definition) is 3. The minimum absolute atomic E-state index is 0.103. The van der Waals surface area contributed by atoms with Crippen molar-refractivity contribution in [3.63, 3.8) is 0 Å². The Balaban J connectivity index is 1.66. The molecule has 0 bridgehead atoms. The normalized spacial score (nSPS) is 12.2. The Morgan fingerprint density at radius 3 is 2.86 bits per heavy atom. The summed E-state index contributed by atoms with van der Waals surface area (Å²) in [6, 6.07) is 14.9. The van der Waals surface area contributed by atoms with E-state index in [0.717, 1.165) is 22.2 Å². The van der Waals surface area contributed by atoms with Gasteiger partial charge in [0.25, 0.3) is 0 Å². The first-order valence-corrected chi connectivity index (χ1v) is 6.76. The molecule has 0 fully saturated rings. The van der Waals surface area contributed by atoms with Gasteiger partial charge < -0.3 is 11.1 Å². The first-order valence-electron chi connectivity index (χ1n) is 6.76. The highest BCUT2D eigenvalue weighted by Crippen LogP contribution is 2.18. The molecule has 0 aliphatic carbocycles. The van der Waals surface area contributed by atoms with Gasteiger partial charge in [0.05, 0.1) is 11.7 Å². The van der Waals surface area contributed by atoms with Gasteiger partial charge in [0, 0.05) is 23.5 Å². The first kappa shape index (κ1) is 13.3. The molecule has 4 N–H and O–H groups in total. The van der Waals surface area contributed by atoms with E-state index in [9.17, 15) is 4.79 Å². The largest absolute Gasteiger partial charge is 0.326 e. The number of nitrogens with two attached hydrogens (primary N) is 1. The first-order chi connectivity index (χ1) is 10.2. The Hall–Kier alpha value is -2.66. The van der Waals surface area contributed by atoms with Crippen molar-refractivity contribution in [2.45, 2.75) is 12.5 Å². The van der Waals surface area contributed by atoms with Crippen molar-refractivity contribution in [3.05, 3.63) is 60.3 Å². The van der Waals surface area contributed by atoms with Gasteiger partial charge >= 0.3 is 0 Å². The van der Waals surface area contributed by atoms with Crippen molar-refractivity contribution in [1.82, 2.24) is 10.2 Å². The average Bonchev–Trinajstić information content (AvgIpc) is 2.95. The molecular formula is C16H16N4O.